The predicted octanol–water partition coefficient (Wildman–Crippen LogP) is 7.40. The summed E-state index contributed by atoms with van der Waals surface area (Å²) in [6.07, 6.45) is 1.27. The number of nitro benzene ring substituents is 1. The van der Waals surface area contributed by atoms with Crippen LogP contribution in [0.15, 0.2) is 108 Å². The number of carboxylic acids is 1. The Bertz CT molecular complexity index is 2210. The van der Waals surface area contributed by atoms with E-state index in [1.807, 2.05) is 12.1 Å². The average molecular weight is 718 g/mol. The second-order valence-electron chi connectivity index (χ2n) is 9.50. The zero-order chi connectivity index (χ0) is 31.0. The van der Waals surface area contributed by atoms with Crippen molar-refractivity contribution in [3.63, 3.8) is 0 Å². The van der Waals surface area contributed by atoms with Gasteiger partial charge in [-0.2, -0.15) is 9.78 Å². The number of fused-ring (bicyclic) bond motifs is 2. The molecule has 0 radical (unpaired) electrons. The third-order valence-corrected chi connectivity index (χ3v) is 7.53. The van der Waals surface area contributed by atoms with Crippen molar-refractivity contribution in [3.8, 4) is 17.3 Å². The molecule has 2 heterocycles. The first kappa shape index (κ1) is 29.0. The quantitative estimate of drug-likeness (QED) is 0.0972. The van der Waals surface area contributed by atoms with Gasteiger partial charge in [-0.05, 0) is 60.2 Å². The highest BCUT2D eigenvalue weighted by Crippen LogP contribution is 2.35. The van der Waals surface area contributed by atoms with Gasteiger partial charge in [0.15, 0.2) is 5.76 Å². The summed E-state index contributed by atoms with van der Waals surface area (Å²) >= 11 is 6.75. The standard InChI is InChI=1S/C31H18Br2N4O7/c32-21-8-9-26-19(11-21)13-27(44-26)29-35-24-7-2-1-6-23(24)30(38)36(29)34-15-20-12-22(33)14-25(37(41)42)28(20)43-16-17-4-3-5-18(10-17)31(39)40/h1-15H,16H2,(H,39,40). The lowest BCUT2D eigenvalue weighted by atomic mass is 10.1. The molecule has 0 unspecified atom stereocenters. The van der Waals surface area contributed by atoms with E-state index in [9.17, 15) is 24.8 Å². The molecule has 0 aliphatic carbocycles. The van der Waals surface area contributed by atoms with Crippen LogP contribution < -0.4 is 10.3 Å². The number of halogens is 2. The predicted molar refractivity (Wildman–Crippen MR) is 170 cm³/mol. The number of nitrogens with zero attached hydrogens (tertiary/aromatic N) is 4. The third-order valence-electron chi connectivity index (χ3n) is 6.58. The molecular formula is C31H18Br2N4O7. The maximum atomic E-state index is 13.7. The molecule has 218 valence electrons. The molecule has 0 saturated carbocycles. The number of para-hydroxylation sites is 1. The van der Waals surface area contributed by atoms with Crippen molar-refractivity contribution in [1.82, 2.24) is 9.66 Å². The van der Waals surface area contributed by atoms with Crippen LogP contribution in [0.3, 0.4) is 0 Å². The van der Waals surface area contributed by atoms with Crippen LogP contribution in [0.25, 0.3) is 33.5 Å². The molecule has 6 rings (SSSR count). The van der Waals surface area contributed by atoms with Gasteiger partial charge in [-0.1, -0.05) is 56.1 Å². The van der Waals surface area contributed by atoms with Gasteiger partial charge in [0.2, 0.25) is 11.6 Å². The molecular weight excluding hydrogens is 700 g/mol. The monoisotopic (exact) mass is 716 g/mol. The van der Waals surface area contributed by atoms with Crippen molar-refractivity contribution in [2.24, 2.45) is 5.10 Å². The van der Waals surface area contributed by atoms with E-state index in [1.54, 1.807) is 54.6 Å². The molecule has 6 aromatic rings. The molecule has 11 nitrogen and oxygen atoms in total. The number of carbonyl (C=O) groups is 1. The van der Waals surface area contributed by atoms with Crippen LogP contribution in [-0.4, -0.2) is 31.9 Å². The Morgan fingerprint density at radius 2 is 1.86 bits per heavy atom. The van der Waals surface area contributed by atoms with Gasteiger partial charge < -0.3 is 14.3 Å². The zero-order valence-electron chi connectivity index (χ0n) is 22.3. The lowest BCUT2D eigenvalue weighted by Crippen LogP contribution is -2.20. The van der Waals surface area contributed by atoms with Gasteiger partial charge in [0, 0.05) is 26.0 Å². The number of benzene rings is 4. The van der Waals surface area contributed by atoms with Crippen molar-refractivity contribution in [2.45, 2.75) is 6.61 Å². The number of ether oxygens (including phenoxy) is 1. The highest BCUT2D eigenvalue weighted by Gasteiger charge is 2.22. The van der Waals surface area contributed by atoms with Crippen LogP contribution in [0.5, 0.6) is 5.75 Å². The first-order chi connectivity index (χ1) is 21.2. The molecule has 0 spiro atoms. The van der Waals surface area contributed by atoms with Crippen LogP contribution in [0.1, 0.15) is 21.5 Å². The van der Waals surface area contributed by atoms with Gasteiger partial charge in [-0.15, -0.1) is 0 Å². The molecule has 0 aliphatic rings. The topological polar surface area (TPSA) is 150 Å². The van der Waals surface area contributed by atoms with Gasteiger partial charge in [-0.3, -0.25) is 14.9 Å². The van der Waals surface area contributed by atoms with Crippen molar-refractivity contribution in [3.05, 3.63) is 131 Å². The molecule has 4 aromatic carbocycles. The minimum atomic E-state index is -1.11. The fourth-order valence-electron chi connectivity index (χ4n) is 4.57. The van der Waals surface area contributed by atoms with Crippen LogP contribution in [0, 0.1) is 10.1 Å². The van der Waals surface area contributed by atoms with E-state index < -0.39 is 16.5 Å². The Hall–Kier alpha value is -5.14. The maximum absolute atomic E-state index is 13.7. The Morgan fingerprint density at radius 3 is 2.66 bits per heavy atom. The molecule has 0 aliphatic heterocycles. The lowest BCUT2D eigenvalue weighted by molar-refractivity contribution is -0.386. The van der Waals surface area contributed by atoms with E-state index in [0.29, 0.717) is 26.5 Å². The number of aromatic carboxylic acids is 1. The number of rotatable bonds is 8. The van der Waals surface area contributed by atoms with Crippen molar-refractivity contribution >= 4 is 71.6 Å². The van der Waals surface area contributed by atoms with Crippen molar-refractivity contribution < 1.29 is 24.0 Å². The van der Waals surface area contributed by atoms with Crippen LogP contribution in [0.4, 0.5) is 5.69 Å². The number of furan rings is 1. The van der Waals surface area contributed by atoms with Gasteiger partial charge in [0.25, 0.3) is 5.56 Å². The number of carboxylic acid groups (broad SMARTS) is 1. The van der Waals surface area contributed by atoms with Crippen molar-refractivity contribution in [2.75, 3.05) is 0 Å². The summed E-state index contributed by atoms with van der Waals surface area (Å²) in [6, 6.07) is 22.9. The molecule has 0 fully saturated rings. The maximum Gasteiger partial charge on any atom is 0.335 e. The Kier molecular flexibility index (Phi) is 7.80. The highest BCUT2D eigenvalue weighted by molar-refractivity contribution is 9.10. The zero-order valence-corrected chi connectivity index (χ0v) is 25.5. The summed E-state index contributed by atoms with van der Waals surface area (Å²) < 4.78 is 14.2. The number of nitro groups is 1. The summed E-state index contributed by atoms with van der Waals surface area (Å²) in [5.41, 5.74) is 0.881. The van der Waals surface area contributed by atoms with Crippen LogP contribution in [0.2, 0.25) is 0 Å². The normalized spacial score (nSPS) is 11.4. The molecule has 0 saturated heterocycles. The summed E-state index contributed by atoms with van der Waals surface area (Å²) in [4.78, 5) is 41.2. The van der Waals surface area contributed by atoms with E-state index in [0.717, 1.165) is 14.5 Å². The van der Waals surface area contributed by atoms with E-state index in [4.69, 9.17) is 9.15 Å². The van der Waals surface area contributed by atoms with Crippen molar-refractivity contribution in [1.29, 1.82) is 0 Å². The summed E-state index contributed by atoms with van der Waals surface area (Å²) in [5, 5.41) is 26.8. The summed E-state index contributed by atoms with van der Waals surface area (Å²) in [6.45, 7) is -0.165. The Balaban J connectivity index is 1.48. The molecule has 13 heteroatoms. The summed E-state index contributed by atoms with van der Waals surface area (Å²) in [7, 11) is 0. The molecule has 0 bridgehead atoms. The van der Waals surface area contributed by atoms with E-state index >= 15 is 0 Å². The fraction of sp³-hybridized carbons (Fsp3) is 0.0323. The molecule has 44 heavy (non-hydrogen) atoms. The molecule has 0 atom stereocenters. The number of hydrogen-bond acceptors (Lipinski definition) is 8. The molecule has 0 amide bonds. The molecule has 2 aromatic heterocycles. The largest absolute Gasteiger partial charge is 0.481 e. The number of hydrogen-bond donors (Lipinski definition) is 1. The smallest absolute Gasteiger partial charge is 0.335 e. The second kappa shape index (κ2) is 11.9. The molecule has 1 N–H and O–H groups in total. The first-order valence-electron chi connectivity index (χ1n) is 12.9. The van der Waals surface area contributed by atoms with Crippen LogP contribution in [-0.2, 0) is 6.61 Å². The highest BCUT2D eigenvalue weighted by atomic mass is 79.9. The SMILES string of the molecule is O=C(O)c1cccc(COc2c(C=Nn3c(-c4cc5cc(Br)ccc5o4)nc4ccccc4c3=O)cc(Br)cc2[N+](=O)[O-])c1. The Morgan fingerprint density at radius 1 is 1.05 bits per heavy atom. The van der Waals surface area contributed by atoms with Crippen LogP contribution >= 0.6 is 31.9 Å². The second-order valence-corrected chi connectivity index (χ2v) is 11.3. The van der Waals surface area contributed by atoms with E-state index in [1.165, 1.54) is 24.4 Å². The third kappa shape index (κ3) is 5.74. The fourth-order valence-corrected chi connectivity index (χ4v) is 5.42. The Labute approximate surface area is 264 Å². The van der Waals surface area contributed by atoms with Gasteiger partial charge in [0.1, 0.15) is 12.2 Å². The van der Waals surface area contributed by atoms with Gasteiger partial charge in [-0.25, -0.2) is 9.78 Å². The summed E-state index contributed by atoms with van der Waals surface area (Å²) in [5.74, 6) is -0.834. The van der Waals surface area contributed by atoms with E-state index in [-0.39, 0.29) is 40.8 Å². The first-order valence-corrected chi connectivity index (χ1v) is 14.4. The minimum absolute atomic E-state index is 0.0480. The van der Waals surface area contributed by atoms with E-state index in [2.05, 4.69) is 41.9 Å². The lowest BCUT2D eigenvalue weighted by Gasteiger charge is -2.11. The minimum Gasteiger partial charge on any atom is -0.481 e. The number of aromatic nitrogens is 2. The van der Waals surface area contributed by atoms with Gasteiger partial charge in [0.05, 0.1) is 27.6 Å². The van der Waals surface area contributed by atoms with Gasteiger partial charge >= 0.3 is 11.7 Å². The average Bonchev–Trinajstić information content (AvgIpc) is 3.43.